The molecule has 1 aromatic carbocycles. The minimum absolute atomic E-state index is 0.120. The summed E-state index contributed by atoms with van der Waals surface area (Å²) >= 11 is 5.98. The van der Waals surface area contributed by atoms with Crippen LogP contribution in [0.1, 0.15) is 71.1 Å². The molecule has 0 aromatic heterocycles. The lowest BCUT2D eigenvalue weighted by atomic mass is 10.1. The molecule has 0 unspecified atom stereocenters. The number of para-hydroxylation sites is 1. The quantitative estimate of drug-likeness (QED) is 0.456. The van der Waals surface area contributed by atoms with Gasteiger partial charge in [0.2, 0.25) is 0 Å². The number of aromatic hydroxyl groups is 1. The molecule has 21 heavy (non-hydrogen) atoms. The second-order valence-electron chi connectivity index (χ2n) is 5.62. The third kappa shape index (κ3) is 8.21. The van der Waals surface area contributed by atoms with E-state index in [-0.39, 0.29) is 5.75 Å². The Morgan fingerprint density at radius 1 is 0.905 bits per heavy atom. The third-order valence-corrected chi connectivity index (χ3v) is 3.99. The maximum Gasteiger partial charge on any atom is 0.179 e. The molecule has 1 N–H and O–H groups in total. The van der Waals surface area contributed by atoms with Crippen LogP contribution in [0.25, 0.3) is 0 Å². The van der Waals surface area contributed by atoms with Gasteiger partial charge in [-0.05, 0) is 18.6 Å². The van der Waals surface area contributed by atoms with Crippen molar-refractivity contribution in [2.75, 3.05) is 6.61 Å². The molecule has 0 spiro atoms. The molecule has 0 aliphatic carbocycles. The SMILES string of the molecule is CCCCCCCCCCCCOc1c(O)cccc1Cl. The van der Waals surface area contributed by atoms with Gasteiger partial charge in [0.15, 0.2) is 11.5 Å². The molecule has 0 aliphatic rings. The van der Waals surface area contributed by atoms with Crippen molar-refractivity contribution < 1.29 is 9.84 Å². The Hall–Kier alpha value is -0.890. The van der Waals surface area contributed by atoms with Crippen LogP contribution in [0.4, 0.5) is 0 Å². The second kappa shape index (κ2) is 11.7. The Morgan fingerprint density at radius 2 is 1.48 bits per heavy atom. The first-order valence-corrected chi connectivity index (χ1v) is 8.73. The summed E-state index contributed by atoms with van der Waals surface area (Å²) in [5.41, 5.74) is 0. The summed E-state index contributed by atoms with van der Waals surface area (Å²) in [6.45, 7) is 2.87. The van der Waals surface area contributed by atoms with E-state index < -0.39 is 0 Å². The second-order valence-corrected chi connectivity index (χ2v) is 6.03. The Labute approximate surface area is 134 Å². The van der Waals surface area contributed by atoms with E-state index in [9.17, 15) is 5.11 Å². The van der Waals surface area contributed by atoms with E-state index in [4.69, 9.17) is 16.3 Å². The summed E-state index contributed by atoms with van der Waals surface area (Å²) in [5.74, 6) is 0.532. The lowest BCUT2D eigenvalue weighted by Gasteiger charge is -2.09. The van der Waals surface area contributed by atoms with Crippen LogP contribution in [0.2, 0.25) is 5.02 Å². The van der Waals surface area contributed by atoms with Crippen LogP contribution in [0, 0.1) is 0 Å². The number of hydrogen-bond donors (Lipinski definition) is 1. The van der Waals surface area contributed by atoms with E-state index >= 15 is 0 Å². The van der Waals surface area contributed by atoms with E-state index in [1.807, 2.05) is 0 Å². The summed E-state index contributed by atoms with van der Waals surface area (Å²) < 4.78 is 5.56. The van der Waals surface area contributed by atoms with Crippen LogP contribution in [-0.2, 0) is 0 Å². The predicted molar refractivity (Wildman–Crippen MR) is 90.5 cm³/mol. The number of halogens is 1. The molecule has 1 aromatic rings. The van der Waals surface area contributed by atoms with Crippen molar-refractivity contribution in [3.63, 3.8) is 0 Å². The zero-order chi connectivity index (χ0) is 15.3. The van der Waals surface area contributed by atoms with Crippen molar-refractivity contribution in [1.82, 2.24) is 0 Å². The Kier molecular flexibility index (Phi) is 10.1. The monoisotopic (exact) mass is 312 g/mol. The van der Waals surface area contributed by atoms with Crippen LogP contribution >= 0.6 is 11.6 Å². The molecule has 0 saturated carbocycles. The highest BCUT2D eigenvalue weighted by atomic mass is 35.5. The molecule has 1 rings (SSSR count). The van der Waals surface area contributed by atoms with Gasteiger partial charge in [-0.15, -0.1) is 0 Å². The Morgan fingerprint density at radius 3 is 2.05 bits per heavy atom. The number of phenolic OH excluding ortho intramolecular Hbond substituents is 1. The van der Waals surface area contributed by atoms with Crippen LogP contribution < -0.4 is 4.74 Å². The zero-order valence-electron chi connectivity index (χ0n) is 13.2. The summed E-state index contributed by atoms with van der Waals surface area (Å²) in [4.78, 5) is 0. The molecule has 0 radical (unpaired) electrons. The number of unbranched alkanes of at least 4 members (excludes halogenated alkanes) is 9. The molecule has 0 saturated heterocycles. The molecule has 2 nitrogen and oxygen atoms in total. The number of benzene rings is 1. The molecule has 0 amide bonds. The van der Waals surface area contributed by atoms with Crippen LogP contribution in [-0.4, -0.2) is 11.7 Å². The van der Waals surface area contributed by atoms with Crippen molar-refractivity contribution in [2.45, 2.75) is 71.1 Å². The lowest BCUT2D eigenvalue weighted by molar-refractivity contribution is 0.289. The topological polar surface area (TPSA) is 29.5 Å². The maximum atomic E-state index is 9.64. The van der Waals surface area contributed by atoms with Crippen molar-refractivity contribution >= 4 is 11.6 Å². The van der Waals surface area contributed by atoms with Crippen molar-refractivity contribution in [3.05, 3.63) is 23.2 Å². The number of rotatable bonds is 12. The first kappa shape index (κ1) is 18.2. The minimum atomic E-state index is 0.120. The number of hydrogen-bond acceptors (Lipinski definition) is 2. The lowest BCUT2D eigenvalue weighted by Crippen LogP contribution is -1.98. The molecule has 0 fully saturated rings. The molecular formula is C18H29ClO2. The molecule has 0 atom stereocenters. The van der Waals surface area contributed by atoms with Crippen molar-refractivity contribution in [2.24, 2.45) is 0 Å². The fourth-order valence-corrected chi connectivity index (χ4v) is 2.63. The van der Waals surface area contributed by atoms with Gasteiger partial charge in [-0.25, -0.2) is 0 Å². The summed E-state index contributed by atoms with van der Waals surface area (Å²) in [6.07, 6.45) is 13.0. The van der Waals surface area contributed by atoms with Gasteiger partial charge in [0.05, 0.1) is 11.6 Å². The van der Waals surface area contributed by atoms with E-state index in [0.29, 0.717) is 17.4 Å². The highest BCUT2D eigenvalue weighted by Gasteiger charge is 2.06. The normalized spacial score (nSPS) is 10.8. The fraction of sp³-hybridized carbons (Fsp3) is 0.667. The summed E-state index contributed by atoms with van der Waals surface area (Å²) in [5, 5.41) is 10.1. The highest BCUT2D eigenvalue weighted by molar-refractivity contribution is 6.32. The molecule has 0 heterocycles. The standard InChI is InChI=1S/C18H29ClO2/c1-2-3-4-5-6-7-8-9-10-11-15-21-18-16(19)13-12-14-17(18)20/h12-14,20H,2-11,15H2,1H3. The molecule has 120 valence electrons. The van der Waals surface area contributed by atoms with Gasteiger partial charge in [-0.3, -0.25) is 0 Å². The molecule has 3 heteroatoms. The van der Waals surface area contributed by atoms with E-state index in [0.717, 1.165) is 6.42 Å². The van der Waals surface area contributed by atoms with Crippen LogP contribution in [0.3, 0.4) is 0 Å². The van der Waals surface area contributed by atoms with Gasteiger partial charge in [0.25, 0.3) is 0 Å². The molecule has 0 bridgehead atoms. The van der Waals surface area contributed by atoms with Gasteiger partial charge < -0.3 is 9.84 Å². The summed E-state index contributed by atoms with van der Waals surface area (Å²) in [6, 6.07) is 5.04. The first-order chi connectivity index (χ1) is 10.3. The molecular weight excluding hydrogens is 284 g/mol. The Bertz CT molecular complexity index is 359. The predicted octanol–water partition coefficient (Wildman–Crippen LogP) is 6.35. The average Bonchev–Trinajstić information content (AvgIpc) is 2.47. The fourth-order valence-electron chi connectivity index (χ4n) is 2.40. The van der Waals surface area contributed by atoms with Crippen LogP contribution in [0.5, 0.6) is 11.5 Å². The van der Waals surface area contributed by atoms with Crippen LogP contribution in [0.15, 0.2) is 18.2 Å². The molecule has 0 aliphatic heterocycles. The average molecular weight is 313 g/mol. The summed E-state index contributed by atoms with van der Waals surface area (Å²) in [7, 11) is 0. The Balaban J connectivity index is 1.95. The van der Waals surface area contributed by atoms with E-state index in [2.05, 4.69) is 6.92 Å². The maximum absolute atomic E-state index is 9.64. The van der Waals surface area contributed by atoms with Gasteiger partial charge >= 0.3 is 0 Å². The number of ether oxygens (including phenoxy) is 1. The van der Waals surface area contributed by atoms with Gasteiger partial charge in [-0.1, -0.05) is 82.4 Å². The van der Waals surface area contributed by atoms with E-state index in [1.165, 1.54) is 57.8 Å². The largest absolute Gasteiger partial charge is 0.504 e. The van der Waals surface area contributed by atoms with Gasteiger partial charge in [-0.2, -0.15) is 0 Å². The highest BCUT2D eigenvalue weighted by Crippen LogP contribution is 2.33. The smallest absolute Gasteiger partial charge is 0.179 e. The van der Waals surface area contributed by atoms with Crippen molar-refractivity contribution in [1.29, 1.82) is 0 Å². The van der Waals surface area contributed by atoms with Crippen molar-refractivity contribution in [3.8, 4) is 11.5 Å². The number of phenols is 1. The third-order valence-electron chi connectivity index (χ3n) is 3.69. The first-order valence-electron chi connectivity index (χ1n) is 8.36. The van der Waals surface area contributed by atoms with E-state index in [1.54, 1.807) is 18.2 Å². The minimum Gasteiger partial charge on any atom is -0.504 e. The zero-order valence-corrected chi connectivity index (χ0v) is 14.0. The van der Waals surface area contributed by atoms with Gasteiger partial charge in [0.1, 0.15) is 0 Å². The van der Waals surface area contributed by atoms with Gasteiger partial charge in [0, 0.05) is 0 Å².